The maximum absolute atomic E-state index is 11.7. The van der Waals surface area contributed by atoms with Crippen molar-refractivity contribution in [2.45, 2.75) is 5.16 Å². The number of aromatic nitrogens is 2. The fraction of sp³-hybridized carbons (Fsp3) is 0.0833. The summed E-state index contributed by atoms with van der Waals surface area (Å²) in [5, 5.41) is 3.60. The normalized spacial score (nSPS) is 10.2. The lowest BCUT2D eigenvalue weighted by atomic mass is 10.3. The first kappa shape index (κ1) is 14.4. The molecule has 0 fully saturated rings. The van der Waals surface area contributed by atoms with Gasteiger partial charge in [-0.05, 0) is 24.3 Å². The van der Waals surface area contributed by atoms with Gasteiger partial charge in [-0.2, -0.15) is 0 Å². The van der Waals surface area contributed by atoms with Crippen LogP contribution in [0.2, 0.25) is 5.02 Å². The molecule has 1 aromatic heterocycles. The van der Waals surface area contributed by atoms with E-state index >= 15 is 0 Å². The number of anilines is 2. The van der Waals surface area contributed by atoms with Crippen molar-refractivity contribution in [2.24, 2.45) is 0 Å². The van der Waals surface area contributed by atoms with Crippen molar-refractivity contribution in [1.29, 1.82) is 0 Å². The molecule has 8 heteroatoms. The molecule has 0 aliphatic carbocycles. The van der Waals surface area contributed by atoms with Crippen LogP contribution >= 0.6 is 23.4 Å². The van der Waals surface area contributed by atoms with Crippen molar-refractivity contribution in [3.8, 4) is 0 Å². The molecule has 4 N–H and O–H groups in total. The van der Waals surface area contributed by atoms with E-state index in [0.717, 1.165) is 11.8 Å². The number of H-pyrrole nitrogens is 1. The Morgan fingerprint density at radius 1 is 1.40 bits per heavy atom. The molecular formula is C12H11ClN4O2S. The van der Waals surface area contributed by atoms with Crippen LogP contribution in [0.15, 0.2) is 40.3 Å². The highest BCUT2D eigenvalue weighted by molar-refractivity contribution is 7.99. The fourth-order valence-electron chi connectivity index (χ4n) is 1.39. The summed E-state index contributed by atoms with van der Waals surface area (Å²) in [5.74, 6) is 0.00594. The average molecular weight is 311 g/mol. The summed E-state index contributed by atoms with van der Waals surface area (Å²) < 4.78 is 0. The second-order valence-electron chi connectivity index (χ2n) is 3.82. The Hall–Kier alpha value is -1.99. The van der Waals surface area contributed by atoms with Gasteiger partial charge in [0.1, 0.15) is 5.82 Å². The summed E-state index contributed by atoms with van der Waals surface area (Å²) in [7, 11) is 0. The maximum Gasteiger partial charge on any atom is 0.253 e. The van der Waals surface area contributed by atoms with Crippen LogP contribution in [0.5, 0.6) is 0 Å². The number of aromatic amines is 1. The van der Waals surface area contributed by atoms with Gasteiger partial charge >= 0.3 is 0 Å². The van der Waals surface area contributed by atoms with Crippen molar-refractivity contribution in [1.82, 2.24) is 9.97 Å². The van der Waals surface area contributed by atoms with Crippen molar-refractivity contribution >= 4 is 40.8 Å². The van der Waals surface area contributed by atoms with Crippen molar-refractivity contribution in [2.75, 3.05) is 16.8 Å². The number of nitrogens with zero attached hydrogens (tertiary/aromatic N) is 1. The second-order valence-corrected chi connectivity index (χ2v) is 5.22. The van der Waals surface area contributed by atoms with Gasteiger partial charge in [-0.25, -0.2) is 4.98 Å². The molecule has 0 atom stereocenters. The highest BCUT2D eigenvalue weighted by atomic mass is 35.5. The number of rotatable bonds is 4. The van der Waals surface area contributed by atoms with Crippen molar-refractivity contribution in [3.63, 3.8) is 0 Å². The van der Waals surface area contributed by atoms with Crippen LogP contribution in [0.3, 0.4) is 0 Å². The first-order chi connectivity index (χ1) is 9.52. The van der Waals surface area contributed by atoms with Gasteiger partial charge in [-0.15, -0.1) is 0 Å². The van der Waals surface area contributed by atoms with E-state index in [0.29, 0.717) is 15.9 Å². The van der Waals surface area contributed by atoms with Crippen LogP contribution in [0.25, 0.3) is 0 Å². The van der Waals surface area contributed by atoms with Gasteiger partial charge in [0.15, 0.2) is 5.16 Å². The van der Waals surface area contributed by atoms with Gasteiger partial charge in [-0.3, -0.25) is 9.59 Å². The molecule has 0 spiro atoms. The Balaban J connectivity index is 1.92. The molecule has 0 saturated carbocycles. The average Bonchev–Trinajstić information content (AvgIpc) is 2.38. The Kier molecular flexibility index (Phi) is 4.65. The topological polar surface area (TPSA) is 101 Å². The summed E-state index contributed by atoms with van der Waals surface area (Å²) in [6.07, 6.45) is 0. The van der Waals surface area contributed by atoms with E-state index in [1.165, 1.54) is 6.07 Å². The van der Waals surface area contributed by atoms with Crippen LogP contribution in [0, 0.1) is 0 Å². The van der Waals surface area contributed by atoms with E-state index in [-0.39, 0.29) is 23.0 Å². The second kappa shape index (κ2) is 6.44. The Morgan fingerprint density at radius 2 is 2.10 bits per heavy atom. The van der Waals surface area contributed by atoms with E-state index in [1.807, 2.05) is 0 Å². The highest BCUT2D eigenvalue weighted by Crippen LogP contribution is 2.15. The quantitative estimate of drug-likeness (QED) is 0.590. The molecule has 0 aliphatic heterocycles. The molecule has 0 radical (unpaired) electrons. The molecular weight excluding hydrogens is 300 g/mol. The van der Waals surface area contributed by atoms with Crippen LogP contribution < -0.4 is 16.6 Å². The lowest BCUT2D eigenvalue weighted by Crippen LogP contribution is -2.15. The SMILES string of the molecule is Nc1cc(=O)[nH]c(SCC(=O)Nc2ccc(Cl)cc2)n1. The van der Waals surface area contributed by atoms with Crippen LogP contribution in [0.1, 0.15) is 0 Å². The minimum Gasteiger partial charge on any atom is -0.383 e. The van der Waals surface area contributed by atoms with Gasteiger partial charge in [0, 0.05) is 16.8 Å². The highest BCUT2D eigenvalue weighted by Gasteiger charge is 2.06. The molecule has 2 rings (SSSR count). The minimum atomic E-state index is -0.349. The van der Waals surface area contributed by atoms with Crippen molar-refractivity contribution in [3.05, 3.63) is 45.7 Å². The van der Waals surface area contributed by atoms with Crippen LogP contribution in [0.4, 0.5) is 11.5 Å². The number of halogens is 1. The molecule has 0 saturated heterocycles. The number of hydrogen-bond donors (Lipinski definition) is 3. The summed E-state index contributed by atoms with van der Waals surface area (Å²) in [6, 6.07) is 7.94. The first-order valence-electron chi connectivity index (χ1n) is 5.58. The van der Waals surface area contributed by atoms with Gasteiger partial charge in [0.25, 0.3) is 5.56 Å². The zero-order valence-electron chi connectivity index (χ0n) is 10.2. The number of nitrogen functional groups attached to an aromatic ring is 1. The summed E-state index contributed by atoms with van der Waals surface area (Å²) in [6.45, 7) is 0. The number of benzene rings is 1. The van der Waals surface area contributed by atoms with Crippen molar-refractivity contribution < 1.29 is 4.79 Å². The summed E-state index contributed by atoms with van der Waals surface area (Å²) in [5.41, 5.74) is 5.74. The third-order valence-electron chi connectivity index (χ3n) is 2.21. The molecule has 1 aromatic carbocycles. The van der Waals surface area contributed by atoms with E-state index < -0.39 is 0 Å². The Labute approximate surface area is 123 Å². The van der Waals surface area contributed by atoms with Crippen LogP contribution in [-0.2, 0) is 4.79 Å². The standard InChI is InChI=1S/C12H11ClN4O2S/c13-7-1-3-8(4-2-7)15-11(19)6-20-12-16-9(14)5-10(18)17-12/h1-5H,6H2,(H,15,19)(H3,14,16,17,18). The van der Waals surface area contributed by atoms with Gasteiger partial charge in [0.2, 0.25) is 5.91 Å². The van der Waals surface area contributed by atoms with Gasteiger partial charge in [-0.1, -0.05) is 23.4 Å². The molecule has 20 heavy (non-hydrogen) atoms. The fourth-order valence-corrected chi connectivity index (χ4v) is 2.19. The largest absolute Gasteiger partial charge is 0.383 e. The number of carbonyl (C=O) groups excluding carboxylic acids is 1. The van der Waals surface area contributed by atoms with Crippen LogP contribution in [-0.4, -0.2) is 21.6 Å². The van der Waals surface area contributed by atoms with E-state index in [4.69, 9.17) is 17.3 Å². The zero-order chi connectivity index (χ0) is 14.5. The van der Waals surface area contributed by atoms with E-state index in [2.05, 4.69) is 15.3 Å². The molecule has 6 nitrogen and oxygen atoms in total. The van der Waals surface area contributed by atoms with Gasteiger partial charge < -0.3 is 16.0 Å². The number of nitrogens with one attached hydrogen (secondary N) is 2. The van der Waals surface area contributed by atoms with E-state index in [1.54, 1.807) is 24.3 Å². The molecule has 1 amide bonds. The van der Waals surface area contributed by atoms with E-state index in [9.17, 15) is 9.59 Å². The third kappa shape index (κ3) is 4.29. The first-order valence-corrected chi connectivity index (χ1v) is 6.94. The molecule has 1 heterocycles. The number of hydrogen-bond acceptors (Lipinski definition) is 5. The lowest BCUT2D eigenvalue weighted by molar-refractivity contribution is -0.113. The lowest BCUT2D eigenvalue weighted by Gasteiger charge is -2.05. The molecule has 2 aromatic rings. The monoisotopic (exact) mass is 310 g/mol. The number of carbonyl (C=O) groups is 1. The predicted molar refractivity (Wildman–Crippen MR) is 80.1 cm³/mol. The smallest absolute Gasteiger partial charge is 0.253 e. The number of amides is 1. The maximum atomic E-state index is 11.7. The van der Waals surface area contributed by atoms with Gasteiger partial charge in [0.05, 0.1) is 5.75 Å². The minimum absolute atomic E-state index is 0.106. The summed E-state index contributed by atoms with van der Waals surface area (Å²) >= 11 is 6.84. The third-order valence-corrected chi connectivity index (χ3v) is 3.33. The molecule has 0 aliphatic rings. The summed E-state index contributed by atoms with van der Waals surface area (Å²) in [4.78, 5) is 29.3. The Morgan fingerprint density at radius 3 is 2.75 bits per heavy atom. The molecule has 104 valence electrons. The molecule has 0 unspecified atom stereocenters. The number of nitrogens with two attached hydrogens (primary N) is 1. The number of thioether (sulfide) groups is 1. The Bertz CT molecular complexity index is 672. The zero-order valence-corrected chi connectivity index (χ0v) is 11.8. The predicted octanol–water partition coefficient (Wildman–Crippen LogP) is 1.74. The molecule has 0 bridgehead atoms.